The molecule has 1 aliphatic carbocycles. The van der Waals surface area contributed by atoms with Crippen LogP contribution in [0, 0.1) is 0 Å². The fourth-order valence-corrected chi connectivity index (χ4v) is 3.00. The molecule has 1 aliphatic heterocycles. The number of rotatable bonds is 4. The predicted octanol–water partition coefficient (Wildman–Crippen LogP) is 2.84. The van der Waals surface area contributed by atoms with Crippen LogP contribution >= 0.6 is 0 Å². The Balaban J connectivity index is 1.24. The van der Waals surface area contributed by atoms with Crippen LogP contribution in [0.1, 0.15) is 46.9 Å². The molecule has 0 atom stereocenters. The molecule has 7 heteroatoms. The molecule has 0 bridgehead atoms. The van der Waals surface area contributed by atoms with E-state index in [9.17, 15) is 4.79 Å². The maximum atomic E-state index is 12.5. The average molecular weight is 336 g/mol. The van der Waals surface area contributed by atoms with E-state index >= 15 is 0 Å². The van der Waals surface area contributed by atoms with Gasteiger partial charge in [-0.25, -0.2) is 0 Å². The fraction of sp³-hybridized carbons (Fsp3) is 0.333. The number of hydrogen-bond donors (Lipinski definition) is 0. The van der Waals surface area contributed by atoms with Gasteiger partial charge >= 0.3 is 0 Å². The minimum atomic E-state index is -0.135. The Morgan fingerprint density at radius 1 is 1.04 bits per heavy atom. The summed E-state index contributed by atoms with van der Waals surface area (Å²) in [6, 6.07) is 11.3. The van der Waals surface area contributed by atoms with Crippen molar-refractivity contribution >= 4 is 5.91 Å². The largest absolute Gasteiger partial charge is 0.355 e. The smallest absolute Gasteiger partial charge is 0.276 e. The first-order chi connectivity index (χ1) is 12.3. The summed E-state index contributed by atoms with van der Waals surface area (Å²) in [7, 11) is 0. The number of likely N-dealkylation sites (tertiary alicyclic amines) is 1. The van der Waals surface area contributed by atoms with Crippen molar-refractivity contribution in [2.75, 3.05) is 13.1 Å². The van der Waals surface area contributed by atoms with Crippen LogP contribution in [0.2, 0.25) is 0 Å². The molecule has 1 saturated carbocycles. The number of carbonyl (C=O) groups excluding carboxylic acids is 1. The molecule has 5 rings (SSSR count). The number of nitrogens with zero attached hydrogens (tertiary/aromatic N) is 4. The molecule has 3 aromatic rings. The lowest BCUT2D eigenvalue weighted by Crippen LogP contribution is -2.48. The monoisotopic (exact) mass is 336 g/mol. The van der Waals surface area contributed by atoms with E-state index in [0.717, 1.165) is 24.2 Å². The normalized spacial score (nSPS) is 17.5. The minimum absolute atomic E-state index is 0.115. The van der Waals surface area contributed by atoms with E-state index < -0.39 is 0 Å². The first kappa shape index (κ1) is 14.4. The molecule has 0 spiro atoms. The van der Waals surface area contributed by atoms with Gasteiger partial charge in [-0.05, 0) is 12.8 Å². The van der Waals surface area contributed by atoms with Crippen molar-refractivity contribution in [3.8, 4) is 11.3 Å². The summed E-state index contributed by atoms with van der Waals surface area (Å²) in [5.41, 5.74) is 1.22. The summed E-state index contributed by atoms with van der Waals surface area (Å²) in [6.45, 7) is 1.14. The van der Waals surface area contributed by atoms with Crippen LogP contribution in [0.15, 0.2) is 45.4 Å². The summed E-state index contributed by atoms with van der Waals surface area (Å²) < 4.78 is 10.6. The van der Waals surface area contributed by atoms with Gasteiger partial charge < -0.3 is 13.9 Å². The Morgan fingerprint density at radius 2 is 1.84 bits per heavy atom. The summed E-state index contributed by atoms with van der Waals surface area (Å²) >= 11 is 0. The van der Waals surface area contributed by atoms with Gasteiger partial charge in [-0.1, -0.05) is 40.6 Å². The second-order valence-electron chi connectivity index (χ2n) is 6.61. The quantitative estimate of drug-likeness (QED) is 0.728. The fourth-order valence-electron chi connectivity index (χ4n) is 3.00. The third-order valence-electron chi connectivity index (χ3n) is 4.71. The van der Waals surface area contributed by atoms with Crippen LogP contribution in [-0.2, 0) is 0 Å². The zero-order chi connectivity index (χ0) is 16.8. The predicted molar refractivity (Wildman–Crippen MR) is 86.9 cm³/mol. The molecular formula is C18H16N4O3. The van der Waals surface area contributed by atoms with Gasteiger partial charge in [0.15, 0.2) is 17.3 Å². The van der Waals surface area contributed by atoms with E-state index in [1.54, 1.807) is 11.0 Å². The van der Waals surface area contributed by atoms with Gasteiger partial charge in [0.1, 0.15) is 0 Å². The highest BCUT2D eigenvalue weighted by Crippen LogP contribution is 2.39. The first-order valence-corrected chi connectivity index (χ1v) is 8.43. The highest BCUT2D eigenvalue weighted by molar-refractivity contribution is 5.93. The average Bonchev–Trinajstić information content (AvgIpc) is 3.14. The molecule has 0 N–H and O–H groups in total. The minimum Gasteiger partial charge on any atom is -0.355 e. The van der Waals surface area contributed by atoms with Crippen LogP contribution in [0.25, 0.3) is 11.3 Å². The Kier molecular flexibility index (Phi) is 3.19. The molecular weight excluding hydrogens is 320 g/mol. The highest BCUT2D eigenvalue weighted by Gasteiger charge is 2.38. The third kappa shape index (κ3) is 2.61. The van der Waals surface area contributed by atoms with Crippen LogP contribution in [-0.4, -0.2) is 39.2 Å². The number of amides is 1. The Morgan fingerprint density at radius 3 is 2.60 bits per heavy atom. The summed E-state index contributed by atoms with van der Waals surface area (Å²) in [4.78, 5) is 18.7. The third-order valence-corrected chi connectivity index (χ3v) is 4.71. The van der Waals surface area contributed by atoms with Crippen molar-refractivity contribution in [3.63, 3.8) is 0 Å². The Hall–Kier alpha value is -2.96. The second kappa shape index (κ2) is 5.54. The zero-order valence-electron chi connectivity index (χ0n) is 13.5. The highest BCUT2D eigenvalue weighted by atomic mass is 16.5. The van der Waals surface area contributed by atoms with E-state index in [4.69, 9.17) is 9.05 Å². The molecule has 2 aliphatic rings. The molecule has 2 fully saturated rings. The molecule has 25 heavy (non-hydrogen) atoms. The van der Waals surface area contributed by atoms with Crippen LogP contribution in [0.5, 0.6) is 0 Å². The number of benzene rings is 1. The summed E-state index contributed by atoms with van der Waals surface area (Å²) in [5.74, 6) is 2.49. The van der Waals surface area contributed by atoms with Gasteiger partial charge in [-0.15, -0.1) is 0 Å². The molecule has 1 aromatic carbocycles. The maximum Gasteiger partial charge on any atom is 0.276 e. The topological polar surface area (TPSA) is 85.3 Å². The molecule has 7 nitrogen and oxygen atoms in total. The van der Waals surface area contributed by atoms with Gasteiger partial charge in [-0.2, -0.15) is 4.98 Å². The number of hydrogen-bond acceptors (Lipinski definition) is 6. The van der Waals surface area contributed by atoms with Crippen molar-refractivity contribution in [3.05, 3.63) is 53.8 Å². The van der Waals surface area contributed by atoms with E-state index in [1.165, 1.54) is 0 Å². The van der Waals surface area contributed by atoms with E-state index in [0.29, 0.717) is 36.4 Å². The van der Waals surface area contributed by atoms with E-state index in [2.05, 4.69) is 15.3 Å². The van der Waals surface area contributed by atoms with Crippen molar-refractivity contribution in [2.45, 2.75) is 24.7 Å². The van der Waals surface area contributed by atoms with Gasteiger partial charge in [0.25, 0.3) is 5.91 Å². The summed E-state index contributed by atoms with van der Waals surface area (Å²) in [5, 5.41) is 7.94. The van der Waals surface area contributed by atoms with Gasteiger partial charge in [-0.3, -0.25) is 4.79 Å². The zero-order valence-corrected chi connectivity index (χ0v) is 13.5. The molecule has 1 amide bonds. The Bertz CT molecular complexity index is 907. The van der Waals surface area contributed by atoms with Crippen molar-refractivity contribution in [1.29, 1.82) is 0 Å². The van der Waals surface area contributed by atoms with E-state index in [-0.39, 0.29) is 11.8 Å². The van der Waals surface area contributed by atoms with Crippen LogP contribution in [0.4, 0.5) is 0 Å². The standard InChI is InChI=1S/C18H16N4O3/c23-18(14-8-15(24-20-14)11-4-2-1-3-5-11)22-9-13(10-22)17-19-16(21-25-17)12-6-7-12/h1-5,8,12-13H,6-7,9-10H2. The van der Waals surface area contributed by atoms with Gasteiger partial charge in [0, 0.05) is 30.6 Å². The molecule has 3 heterocycles. The van der Waals surface area contributed by atoms with Gasteiger partial charge in [0.2, 0.25) is 5.89 Å². The lowest BCUT2D eigenvalue weighted by Gasteiger charge is -2.36. The van der Waals surface area contributed by atoms with Gasteiger partial charge in [0.05, 0.1) is 5.92 Å². The molecule has 126 valence electrons. The van der Waals surface area contributed by atoms with Crippen molar-refractivity contribution in [1.82, 2.24) is 20.2 Å². The van der Waals surface area contributed by atoms with Crippen LogP contribution in [0.3, 0.4) is 0 Å². The number of aromatic nitrogens is 3. The SMILES string of the molecule is O=C(c1cc(-c2ccccc2)on1)N1CC(c2nc(C3CC3)no2)C1. The van der Waals surface area contributed by atoms with Crippen LogP contribution < -0.4 is 0 Å². The van der Waals surface area contributed by atoms with Crippen molar-refractivity contribution in [2.24, 2.45) is 0 Å². The van der Waals surface area contributed by atoms with Crippen molar-refractivity contribution < 1.29 is 13.8 Å². The maximum absolute atomic E-state index is 12.5. The molecule has 1 saturated heterocycles. The first-order valence-electron chi connectivity index (χ1n) is 8.43. The van der Waals surface area contributed by atoms with E-state index in [1.807, 2.05) is 30.3 Å². The molecule has 0 radical (unpaired) electrons. The lowest BCUT2D eigenvalue weighted by atomic mass is 9.99. The lowest BCUT2D eigenvalue weighted by molar-refractivity contribution is 0.0558. The number of carbonyl (C=O) groups is 1. The molecule has 2 aromatic heterocycles. The molecule has 0 unspecified atom stereocenters. The Labute approximate surface area is 143 Å². The summed E-state index contributed by atoms with van der Waals surface area (Å²) in [6.07, 6.45) is 2.29. The second-order valence-corrected chi connectivity index (χ2v) is 6.61.